The molecule has 2 N–H and O–H groups in total. The largest absolute Gasteiger partial charge is 0.349 e. The van der Waals surface area contributed by atoms with E-state index in [-0.39, 0.29) is 29.2 Å². The molecule has 0 radical (unpaired) electrons. The summed E-state index contributed by atoms with van der Waals surface area (Å²) in [6.45, 7) is 10.4. The molecule has 0 aliphatic heterocycles. The van der Waals surface area contributed by atoms with Crippen LogP contribution in [0, 0.1) is 12.8 Å². The molecule has 1 fully saturated rings. The Morgan fingerprint density at radius 2 is 1.73 bits per heavy atom. The summed E-state index contributed by atoms with van der Waals surface area (Å²) in [6.07, 6.45) is 2.01. The Morgan fingerprint density at radius 1 is 1.10 bits per heavy atom. The van der Waals surface area contributed by atoms with Crippen LogP contribution in [0.2, 0.25) is 0 Å². The maximum Gasteiger partial charge on any atom is 0.229 e. The molecule has 0 saturated heterocycles. The van der Waals surface area contributed by atoms with E-state index in [1.807, 2.05) is 26.0 Å². The van der Waals surface area contributed by atoms with Crippen molar-refractivity contribution in [3.05, 3.63) is 64.7 Å². The summed E-state index contributed by atoms with van der Waals surface area (Å²) < 4.78 is 25.4. The number of benzene rings is 2. The number of nitrogens with one attached hydrogen (secondary N) is 2. The van der Waals surface area contributed by atoms with Crippen LogP contribution in [0.4, 0.5) is 5.69 Å². The Hall–Kier alpha value is -2.34. The highest BCUT2D eigenvalue weighted by Crippen LogP contribution is 2.48. The maximum atomic E-state index is 12.7. The van der Waals surface area contributed by atoms with Crippen molar-refractivity contribution in [1.82, 2.24) is 5.32 Å². The average Bonchev–Trinajstić information content (AvgIpc) is 3.42. The number of carbonyl (C=O) groups excluding carboxylic acids is 1. The van der Waals surface area contributed by atoms with Gasteiger partial charge in [0.05, 0.1) is 18.0 Å². The van der Waals surface area contributed by atoms with Gasteiger partial charge < -0.3 is 5.32 Å². The molecule has 0 bridgehead atoms. The highest BCUT2D eigenvalue weighted by Gasteiger charge is 2.44. The van der Waals surface area contributed by atoms with Crippen LogP contribution in [0.25, 0.3) is 0 Å². The molecule has 3 unspecified atom stereocenters. The summed E-state index contributed by atoms with van der Waals surface area (Å²) in [5.74, 6) is 0.373. The van der Waals surface area contributed by atoms with E-state index in [1.165, 1.54) is 11.1 Å². The van der Waals surface area contributed by atoms with Gasteiger partial charge in [0.15, 0.2) is 0 Å². The Bertz CT molecular complexity index is 1040. The molecular formula is C24H32N2O3S. The second-order valence-corrected chi connectivity index (χ2v) is 11.2. The van der Waals surface area contributed by atoms with Gasteiger partial charge in [0, 0.05) is 5.92 Å². The van der Waals surface area contributed by atoms with Crippen molar-refractivity contribution >= 4 is 21.6 Å². The zero-order valence-electron chi connectivity index (χ0n) is 18.6. The second kappa shape index (κ2) is 8.06. The molecule has 1 saturated carbocycles. The van der Waals surface area contributed by atoms with Crippen molar-refractivity contribution in [2.24, 2.45) is 5.92 Å². The standard InChI is InChI=1S/C24H32N2O3S/c1-15-13-18(9-12-22(15)26-30(6,28)29)16(2)25-23(27)21-14-20(21)17-7-10-19(11-8-17)24(3,4)5/h7-13,16,20-21,26H,14H2,1-6H3,(H,25,27). The zero-order chi connectivity index (χ0) is 22.3. The van der Waals surface area contributed by atoms with Crippen LogP contribution in [0.15, 0.2) is 42.5 Å². The lowest BCUT2D eigenvalue weighted by molar-refractivity contribution is -0.123. The highest BCUT2D eigenvalue weighted by molar-refractivity contribution is 7.92. The van der Waals surface area contributed by atoms with Crippen LogP contribution in [0.3, 0.4) is 0 Å². The molecule has 3 rings (SSSR count). The zero-order valence-corrected chi connectivity index (χ0v) is 19.4. The van der Waals surface area contributed by atoms with Crippen molar-refractivity contribution in [1.29, 1.82) is 0 Å². The molecule has 6 heteroatoms. The van der Waals surface area contributed by atoms with E-state index < -0.39 is 10.0 Å². The van der Waals surface area contributed by atoms with Crippen molar-refractivity contribution in [2.75, 3.05) is 11.0 Å². The molecule has 1 aliphatic carbocycles. The fraction of sp³-hybridized carbons (Fsp3) is 0.458. The first-order chi connectivity index (χ1) is 13.8. The second-order valence-electron chi connectivity index (χ2n) is 9.50. The van der Waals surface area contributed by atoms with E-state index in [4.69, 9.17) is 0 Å². The minimum atomic E-state index is -3.32. The molecule has 0 heterocycles. The topological polar surface area (TPSA) is 75.3 Å². The lowest BCUT2D eigenvalue weighted by atomic mass is 9.86. The summed E-state index contributed by atoms with van der Waals surface area (Å²) in [5, 5.41) is 3.11. The molecule has 3 atom stereocenters. The molecular weight excluding hydrogens is 396 g/mol. The molecule has 0 aromatic heterocycles. The number of amides is 1. The number of aryl methyl sites for hydroxylation is 1. The van der Waals surface area contributed by atoms with Gasteiger partial charge in [0.25, 0.3) is 0 Å². The molecule has 30 heavy (non-hydrogen) atoms. The molecule has 1 aliphatic rings. The van der Waals surface area contributed by atoms with E-state index in [2.05, 4.69) is 55.1 Å². The third-order valence-electron chi connectivity index (χ3n) is 5.74. The third-order valence-corrected chi connectivity index (χ3v) is 6.33. The smallest absolute Gasteiger partial charge is 0.229 e. The maximum absolute atomic E-state index is 12.7. The first-order valence-corrected chi connectivity index (χ1v) is 12.2. The normalized spacial score (nSPS) is 19.8. The molecule has 5 nitrogen and oxygen atoms in total. The Labute approximate surface area is 180 Å². The lowest BCUT2D eigenvalue weighted by Gasteiger charge is -2.19. The monoisotopic (exact) mass is 428 g/mol. The molecule has 1 amide bonds. The number of anilines is 1. The minimum Gasteiger partial charge on any atom is -0.349 e. The Balaban J connectivity index is 1.61. The predicted molar refractivity (Wildman–Crippen MR) is 122 cm³/mol. The van der Waals surface area contributed by atoms with Gasteiger partial charge in [-0.05, 0) is 59.9 Å². The summed E-state index contributed by atoms with van der Waals surface area (Å²) in [5.41, 5.74) is 4.97. The van der Waals surface area contributed by atoms with Crippen molar-refractivity contribution in [3.63, 3.8) is 0 Å². The van der Waals surface area contributed by atoms with Crippen LogP contribution >= 0.6 is 0 Å². The number of rotatable bonds is 6. The van der Waals surface area contributed by atoms with Crippen molar-refractivity contribution in [3.8, 4) is 0 Å². The summed E-state index contributed by atoms with van der Waals surface area (Å²) in [7, 11) is -3.32. The summed E-state index contributed by atoms with van der Waals surface area (Å²) in [4.78, 5) is 12.7. The SMILES string of the molecule is Cc1cc(C(C)NC(=O)C2CC2c2ccc(C(C)(C)C)cc2)ccc1NS(C)(=O)=O. The number of sulfonamides is 1. The van der Waals surface area contributed by atoms with Gasteiger partial charge in [0.2, 0.25) is 15.9 Å². The quantitative estimate of drug-likeness (QED) is 0.703. The first kappa shape index (κ1) is 22.3. The van der Waals surface area contributed by atoms with E-state index in [1.54, 1.807) is 6.07 Å². The van der Waals surface area contributed by atoms with Crippen LogP contribution < -0.4 is 10.0 Å². The molecule has 2 aromatic carbocycles. The Kier molecular flexibility index (Phi) is 6.01. The third kappa shape index (κ3) is 5.42. The Morgan fingerprint density at radius 3 is 2.27 bits per heavy atom. The first-order valence-electron chi connectivity index (χ1n) is 10.3. The van der Waals surface area contributed by atoms with E-state index >= 15 is 0 Å². The number of hydrogen-bond acceptors (Lipinski definition) is 3. The van der Waals surface area contributed by atoms with Gasteiger partial charge in [-0.15, -0.1) is 0 Å². The van der Waals surface area contributed by atoms with Gasteiger partial charge >= 0.3 is 0 Å². The van der Waals surface area contributed by atoms with Crippen LogP contribution in [-0.4, -0.2) is 20.6 Å². The van der Waals surface area contributed by atoms with Gasteiger partial charge in [0.1, 0.15) is 0 Å². The fourth-order valence-electron chi connectivity index (χ4n) is 3.76. The van der Waals surface area contributed by atoms with Crippen molar-refractivity contribution < 1.29 is 13.2 Å². The van der Waals surface area contributed by atoms with Gasteiger partial charge in [-0.2, -0.15) is 0 Å². The van der Waals surface area contributed by atoms with Gasteiger partial charge in [-0.3, -0.25) is 9.52 Å². The molecule has 0 spiro atoms. The van der Waals surface area contributed by atoms with Gasteiger partial charge in [-0.25, -0.2) is 8.42 Å². The van der Waals surface area contributed by atoms with E-state index in [0.29, 0.717) is 5.69 Å². The van der Waals surface area contributed by atoms with E-state index in [0.717, 1.165) is 23.8 Å². The van der Waals surface area contributed by atoms with Crippen LogP contribution in [-0.2, 0) is 20.2 Å². The lowest BCUT2D eigenvalue weighted by Crippen LogP contribution is -2.28. The average molecular weight is 429 g/mol. The van der Waals surface area contributed by atoms with Crippen LogP contribution in [0.5, 0.6) is 0 Å². The highest BCUT2D eigenvalue weighted by atomic mass is 32.2. The van der Waals surface area contributed by atoms with Crippen molar-refractivity contribution in [2.45, 2.75) is 58.4 Å². The number of carbonyl (C=O) groups is 1. The number of hydrogen-bond donors (Lipinski definition) is 2. The summed E-state index contributed by atoms with van der Waals surface area (Å²) >= 11 is 0. The van der Waals surface area contributed by atoms with E-state index in [9.17, 15) is 13.2 Å². The fourth-order valence-corrected chi connectivity index (χ4v) is 4.39. The van der Waals surface area contributed by atoms with Crippen LogP contribution in [0.1, 0.15) is 68.3 Å². The predicted octanol–water partition coefficient (Wildman–Crippen LogP) is 4.64. The molecule has 2 aromatic rings. The molecule has 162 valence electrons. The van der Waals surface area contributed by atoms with Gasteiger partial charge in [-0.1, -0.05) is 57.2 Å². The minimum absolute atomic E-state index is 0.0141. The summed E-state index contributed by atoms with van der Waals surface area (Å²) in [6, 6.07) is 14.0.